The van der Waals surface area contributed by atoms with Crippen LogP contribution in [0.5, 0.6) is 5.75 Å². The molecule has 0 saturated carbocycles. The molecule has 10 nitrogen and oxygen atoms in total. The Morgan fingerprint density at radius 3 is 2.27 bits per heavy atom. The van der Waals surface area contributed by atoms with Gasteiger partial charge in [-0.2, -0.15) is 0 Å². The summed E-state index contributed by atoms with van der Waals surface area (Å²) in [4.78, 5) is 52.7. The van der Waals surface area contributed by atoms with Gasteiger partial charge in [-0.25, -0.2) is 4.79 Å². The average molecular weight is 527 g/mol. The molecule has 0 aliphatic carbocycles. The van der Waals surface area contributed by atoms with Crippen LogP contribution in [-0.2, 0) is 19.1 Å². The van der Waals surface area contributed by atoms with Gasteiger partial charge in [0.1, 0.15) is 11.8 Å². The van der Waals surface area contributed by atoms with Gasteiger partial charge in [0.05, 0.1) is 30.9 Å². The number of benzene rings is 2. The molecule has 0 unspecified atom stereocenters. The Balaban J connectivity index is 1.77. The lowest BCUT2D eigenvalue weighted by Gasteiger charge is -2.24. The number of hydrogen-bond acceptors (Lipinski definition) is 7. The van der Waals surface area contributed by atoms with E-state index in [-0.39, 0.29) is 49.0 Å². The smallest absolute Gasteiger partial charge is 0.338 e. The molecular weight excluding hydrogens is 496 g/mol. The molecule has 1 aliphatic rings. The Kier molecular flexibility index (Phi) is 9.56. The molecule has 3 rings (SSSR count). The van der Waals surface area contributed by atoms with Gasteiger partial charge < -0.3 is 25.0 Å². The van der Waals surface area contributed by atoms with Crippen molar-refractivity contribution in [1.29, 1.82) is 0 Å². The second-order valence-corrected chi connectivity index (χ2v) is 8.49. The van der Waals surface area contributed by atoms with E-state index in [2.05, 4.69) is 10.6 Å². The molecule has 196 valence electrons. The van der Waals surface area contributed by atoms with Crippen molar-refractivity contribution in [2.75, 3.05) is 36.5 Å². The molecule has 1 heterocycles. The second kappa shape index (κ2) is 12.8. The third-order valence-electron chi connectivity index (χ3n) is 5.51. The minimum absolute atomic E-state index is 0.149. The van der Waals surface area contributed by atoms with Crippen molar-refractivity contribution in [3.8, 4) is 5.75 Å². The fourth-order valence-corrected chi connectivity index (χ4v) is 4.24. The van der Waals surface area contributed by atoms with E-state index in [1.54, 1.807) is 60.4 Å². The molecule has 0 radical (unpaired) electrons. The molecule has 0 aromatic heterocycles. The van der Waals surface area contributed by atoms with Crippen LogP contribution in [0.1, 0.15) is 37.6 Å². The van der Waals surface area contributed by atoms with Crippen molar-refractivity contribution in [3.63, 3.8) is 0 Å². The van der Waals surface area contributed by atoms with E-state index >= 15 is 0 Å². The first kappa shape index (κ1) is 27.6. The Hall–Kier alpha value is -3.99. The van der Waals surface area contributed by atoms with E-state index in [4.69, 9.17) is 21.7 Å². The number of thiocarbonyl (C=S) groups is 1. The molecule has 11 heteroatoms. The van der Waals surface area contributed by atoms with E-state index < -0.39 is 12.0 Å². The summed E-state index contributed by atoms with van der Waals surface area (Å²) in [5.74, 6) is -0.740. The van der Waals surface area contributed by atoms with Crippen molar-refractivity contribution in [1.82, 2.24) is 10.2 Å². The molecule has 1 atom stereocenters. The second-order valence-electron chi connectivity index (χ2n) is 8.13. The van der Waals surface area contributed by atoms with Gasteiger partial charge in [0, 0.05) is 25.7 Å². The summed E-state index contributed by atoms with van der Waals surface area (Å²) < 4.78 is 10.4. The maximum atomic E-state index is 13.5. The molecule has 1 saturated heterocycles. The van der Waals surface area contributed by atoms with Gasteiger partial charge in [0.15, 0.2) is 5.11 Å². The van der Waals surface area contributed by atoms with Crippen LogP contribution >= 0.6 is 12.2 Å². The molecule has 2 aromatic carbocycles. The lowest BCUT2D eigenvalue weighted by Crippen LogP contribution is -2.42. The predicted octanol–water partition coefficient (Wildman–Crippen LogP) is 2.73. The number of esters is 1. The normalized spacial score (nSPS) is 14.9. The highest BCUT2D eigenvalue weighted by Gasteiger charge is 2.44. The monoisotopic (exact) mass is 526 g/mol. The first-order valence-corrected chi connectivity index (χ1v) is 12.3. The van der Waals surface area contributed by atoms with Crippen LogP contribution in [0, 0.1) is 0 Å². The van der Waals surface area contributed by atoms with E-state index in [9.17, 15) is 19.2 Å². The van der Waals surface area contributed by atoms with Crippen LogP contribution in [0.2, 0.25) is 0 Å². The molecule has 2 aromatic rings. The van der Waals surface area contributed by atoms with E-state index in [0.29, 0.717) is 29.3 Å². The number of anilines is 2. The van der Waals surface area contributed by atoms with Crippen LogP contribution in [0.4, 0.5) is 11.4 Å². The number of nitrogens with zero attached hydrogens (tertiary/aromatic N) is 2. The lowest BCUT2D eigenvalue weighted by atomic mass is 10.1. The van der Waals surface area contributed by atoms with Crippen LogP contribution in [0.25, 0.3) is 0 Å². The number of nitrogens with one attached hydrogen (secondary N) is 2. The van der Waals surface area contributed by atoms with Crippen molar-refractivity contribution >= 4 is 52.4 Å². The van der Waals surface area contributed by atoms with Crippen molar-refractivity contribution in [2.45, 2.75) is 33.2 Å². The van der Waals surface area contributed by atoms with Crippen LogP contribution in [0.3, 0.4) is 0 Å². The maximum absolute atomic E-state index is 13.5. The van der Waals surface area contributed by atoms with Crippen molar-refractivity contribution in [3.05, 3.63) is 54.1 Å². The fourth-order valence-electron chi connectivity index (χ4n) is 3.83. The standard InChI is InChI=1S/C26H30N4O6S/c1-4-35-21-12-8-19(9-13-21)28-23(32)16-22-24(33)30(26(37)29(22)15-14-27-17(3)31)20-10-6-18(7-11-20)25(34)36-5-2/h6-13,22H,4-5,14-16H2,1-3H3,(H,27,31)(H,28,32)/t22-/m1/s1. The molecule has 3 amide bonds. The zero-order valence-electron chi connectivity index (χ0n) is 21.0. The molecule has 1 aliphatic heterocycles. The summed E-state index contributed by atoms with van der Waals surface area (Å²) in [7, 11) is 0. The van der Waals surface area contributed by atoms with E-state index in [0.717, 1.165) is 0 Å². The zero-order chi connectivity index (χ0) is 26.9. The number of carbonyl (C=O) groups excluding carboxylic acids is 4. The predicted molar refractivity (Wildman–Crippen MR) is 143 cm³/mol. The molecule has 0 bridgehead atoms. The number of rotatable bonds is 11. The minimum Gasteiger partial charge on any atom is -0.494 e. The highest BCUT2D eigenvalue weighted by atomic mass is 32.1. The minimum atomic E-state index is -0.867. The van der Waals surface area contributed by atoms with Crippen LogP contribution in [0.15, 0.2) is 48.5 Å². The molecule has 1 fully saturated rings. The summed E-state index contributed by atoms with van der Waals surface area (Å²) >= 11 is 5.61. The van der Waals surface area contributed by atoms with Gasteiger partial charge in [0.2, 0.25) is 11.8 Å². The van der Waals surface area contributed by atoms with E-state index in [1.807, 2.05) is 6.92 Å². The Morgan fingerprint density at radius 1 is 1.00 bits per heavy atom. The number of carbonyl (C=O) groups is 4. The number of ether oxygens (including phenoxy) is 2. The van der Waals surface area contributed by atoms with Gasteiger partial charge in [-0.3, -0.25) is 19.3 Å². The molecular formula is C26H30N4O6S. The van der Waals surface area contributed by atoms with Gasteiger partial charge in [-0.1, -0.05) is 0 Å². The van der Waals surface area contributed by atoms with Gasteiger partial charge in [-0.15, -0.1) is 0 Å². The zero-order valence-corrected chi connectivity index (χ0v) is 21.8. The van der Waals surface area contributed by atoms with Crippen LogP contribution < -0.4 is 20.3 Å². The molecule has 37 heavy (non-hydrogen) atoms. The largest absolute Gasteiger partial charge is 0.494 e. The first-order valence-electron chi connectivity index (χ1n) is 11.9. The van der Waals surface area contributed by atoms with Gasteiger partial charge in [-0.05, 0) is 74.6 Å². The Bertz CT molecular complexity index is 1150. The average Bonchev–Trinajstić information content (AvgIpc) is 3.09. The Morgan fingerprint density at radius 2 is 1.68 bits per heavy atom. The lowest BCUT2D eigenvalue weighted by molar-refractivity contribution is -0.124. The summed E-state index contributed by atoms with van der Waals surface area (Å²) in [5.41, 5.74) is 1.37. The summed E-state index contributed by atoms with van der Waals surface area (Å²) in [6, 6.07) is 12.4. The summed E-state index contributed by atoms with van der Waals surface area (Å²) in [6.45, 7) is 6.26. The maximum Gasteiger partial charge on any atom is 0.338 e. The SMILES string of the molecule is CCOC(=O)c1ccc(N2C(=O)[C@@H](CC(=O)Nc3ccc(OCC)cc3)N(CCNC(C)=O)C2=S)cc1. The first-order chi connectivity index (χ1) is 17.7. The third kappa shape index (κ3) is 7.04. The van der Waals surface area contributed by atoms with Crippen molar-refractivity contribution < 1.29 is 28.7 Å². The number of amides is 3. The van der Waals surface area contributed by atoms with Gasteiger partial charge >= 0.3 is 5.97 Å². The highest BCUT2D eigenvalue weighted by Crippen LogP contribution is 2.28. The highest BCUT2D eigenvalue weighted by molar-refractivity contribution is 7.80. The molecule has 0 spiro atoms. The quantitative estimate of drug-likeness (QED) is 0.339. The Labute approximate surface area is 220 Å². The summed E-state index contributed by atoms with van der Waals surface area (Å²) in [5, 5.41) is 5.69. The number of hydrogen-bond donors (Lipinski definition) is 2. The van der Waals surface area contributed by atoms with Crippen molar-refractivity contribution in [2.24, 2.45) is 0 Å². The molecule has 2 N–H and O–H groups in total. The topological polar surface area (TPSA) is 117 Å². The summed E-state index contributed by atoms with van der Waals surface area (Å²) in [6.07, 6.45) is -0.149. The fraction of sp³-hybridized carbons (Fsp3) is 0.346. The third-order valence-corrected chi connectivity index (χ3v) is 5.93. The van der Waals surface area contributed by atoms with Gasteiger partial charge in [0.25, 0.3) is 5.91 Å². The van der Waals surface area contributed by atoms with Crippen LogP contribution in [-0.4, -0.2) is 66.0 Å². The van der Waals surface area contributed by atoms with E-state index in [1.165, 1.54) is 11.8 Å².